The molecule has 0 aliphatic carbocycles. The molecule has 1 N–H and O–H groups in total. The Morgan fingerprint density at radius 3 is 2.85 bits per heavy atom. The van der Waals surface area contributed by atoms with E-state index in [0.29, 0.717) is 38.6 Å². The molecular weight excluding hydrogens is 336 g/mol. The van der Waals surface area contributed by atoms with Crippen LogP contribution in [0.4, 0.5) is 0 Å². The fourth-order valence-electron chi connectivity index (χ4n) is 3.03. The minimum Gasteiger partial charge on any atom is -0.467 e. The summed E-state index contributed by atoms with van der Waals surface area (Å²) in [5.74, 6) is 0.774. The SMILES string of the molecule is O=C(NCCCOCc1ccco1)C1CCCN(C(=O)c2ccco2)C1. The molecule has 0 radical (unpaired) electrons. The zero-order chi connectivity index (χ0) is 18.2. The number of hydrogen-bond acceptors (Lipinski definition) is 5. The molecule has 3 heterocycles. The van der Waals surface area contributed by atoms with Gasteiger partial charge in [0.1, 0.15) is 12.4 Å². The number of piperidine rings is 1. The maximum absolute atomic E-state index is 12.3. The van der Waals surface area contributed by atoms with Crippen LogP contribution in [0, 0.1) is 5.92 Å². The third-order valence-electron chi connectivity index (χ3n) is 4.40. The number of likely N-dealkylation sites (tertiary alicyclic amines) is 1. The van der Waals surface area contributed by atoms with E-state index >= 15 is 0 Å². The molecule has 7 heteroatoms. The van der Waals surface area contributed by atoms with Crippen molar-refractivity contribution in [3.8, 4) is 0 Å². The van der Waals surface area contributed by atoms with E-state index in [1.54, 1.807) is 23.3 Å². The zero-order valence-electron chi connectivity index (χ0n) is 14.7. The standard InChI is InChI=1S/C19H24N2O5/c22-18(20-8-4-10-24-14-16-6-2-11-25-16)15-5-1-9-21(13-15)19(23)17-7-3-12-26-17/h2-3,6-7,11-12,15H,1,4-5,8-10,13-14H2,(H,20,22). The highest BCUT2D eigenvalue weighted by molar-refractivity contribution is 5.92. The number of ether oxygens (including phenoxy) is 1. The second-order valence-corrected chi connectivity index (χ2v) is 6.34. The van der Waals surface area contributed by atoms with Gasteiger partial charge in [0.05, 0.1) is 18.4 Å². The normalized spacial score (nSPS) is 17.2. The quantitative estimate of drug-likeness (QED) is 0.731. The van der Waals surface area contributed by atoms with Crippen molar-refractivity contribution in [3.05, 3.63) is 48.3 Å². The van der Waals surface area contributed by atoms with Gasteiger partial charge in [-0.3, -0.25) is 9.59 Å². The van der Waals surface area contributed by atoms with E-state index in [1.807, 2.05) is 12.1 Å². The lowest BCUT2D eigenvalue weighted by atomic mass is 9.97. The Morgan fingerprint density at radius 2 is 2.08 bits per heavy atom. The Hall–Kier alpha value is -2.54. The van der Waals surface area contributed by atoms with Crippen LogP contribution in [0.2, 0.25) is 0 Å². The predicted molar refractivity (Wildman–Crippen MR) is 93.3 cm³/mol. The number of amides is 2. The molecular formula is C19H24N2O5. The van der Waals surface area contributed by atoms with Gasteiger partial charge in [-0.15, -0.1) is 0 Å². The Kier molecular flexibility index (Phi) is 6.49. The van der Waals surface area contributed by atoms with Gasteiger partial charge in [-0.25, -0.2) is 0 Å². The summed E-state index contributed by atoms with van der Waals surface area (Å²) in [6, 6.07) is 7.02. The molecule has 3 rings (SSSR count). The minimum atomic E-state index is -0.174. The van der Waals surface area contributed by atoms with Gasteiger partial charge in [-0.05, 0) is 43.5 Å². The predicted octanol–water partition coefficient (Wildman–Crippen LogP) is 2.45. The molecule has 2 amide bonds. The van der Waals surface area contributed by atoms with E-state index < -0.39 is 0 Å². The van der Waals surface area contributed by atoms with Crippen molar-refractivity contribution >= 4 is 11.8 Å². The molecule has 1 atom stereocenters. The van der Waals surface area contributed by atoms with Crippen LogP contribution in [-0.4, -0.2) is 43.0 Å². The van der Waals surface area contributed by atoms with Gasteiger partial charge >= 0.3 is 0 Å². The highest BCUT2D eigenvalue weighted by Gasteiger charge is 2.29. The van der Waals surface area contributed by atoms with Gasteiger partial charge < -0.3 is 23.8 Å². The molecule has 140 valence electrons. The molecule has 26 heavy (non-hydrogen) atoms. The molecule has 2 aromatic rings. The molecule has 0 spiro atoms. The monoisotopic (exact) mass is 360 g/mol. The number of hydrogen-bond donors (Lipinski definition) is 1. The lowest BCUT2D eigenvalue weighted by Gasteiger charge is -2.31. The number of carbonyl (C=O) groups excluding carboxylic acids is 2. The van der Waals surface area contributed by atoms with Crippen molar-refractivity contribution in [2.75, 3.05) is 26.2 Å². The third-order valence-corrected chi connectivity index (χ3v) is 4.40. The van der Waals surface area contributed by atoms with Gasteiger partial charge in [-0.2, -0.15) is 0 Å². The Bertz CT molecular complexity index is 681. The first-order valence-electron chi connectivity index (χ1n) is 8.94. The van der Waals surface area contributed by atoms with Crippen molar-refractivity contribution in [1.82, 2.24) is 10.2 Å². The number of nitrogens with one attached hydrogen (secondary N) is 1. The minimum absolute atomic E-state index is 0.00650. The highest BCUT2D eigenvalue weighted by atomic mass is 16.5. The summed E-state index contributed by atoms with van der Waals surface area (Å²) < 4.78 is 15.8. The Morgan fingerprint density at radius 1 is 1.23 bits per heavy atom. The van der Waals surface area contributed by atoms with Crippen LogP contribution < -0.4 is 5.32 Å². The van der Waals surface area contributed by atoms with E-state index in [-0.39, 0.29) is 17.7 Å². The van der Waals surface area contributed by atoms with Crippen LogP contribution in [0.3, 0.4) is 0 Å². The average molecular weight is 360 g/mol. The number of furan rings is 2. The number of nitrogens with zero attached hydrogens (tertiary/aromatic N) is 1. The highest BCUT2D eigenvalue weighted by Crippen LogP contribution is 2.19. The fourth-order valence-corrected chi connectivity index (χ4v) is 3.03. The van der Waals surface area contributed by atoms with Crippen molar-refractivity contribution in [2.24, 2.45) is 5.92 Å². The van der Waals surface area contributed by atoms with E-state index in [9.17, 15) is 9.59 Å². The number of carbonyl (C=O) groups is 2. The summed E-state index contributed by atoms with van der Waals surface area (Å²) in [4.78, 5) is 26.4. The molecule has 1 unspecified atom stereocenters. The lowest BCUT2D eigenvalue weighted by molar-refractivity contribution is -0.126. The van der Waals surface area contributed by atoms with Gasteiger partial charge in [0.15, 0.2) is 5.76 Å². The lowest BCUT2D eigenvalue weighted by Crippen LogP contribution is -2.45. The second kappa shape index (κ2) is 9.24. The van der Waals surface area contributed by atoms with Crippen LogP contribution >= 0.6 is 0 Å². The van der Waals surface area contributed by atoms with Crippen molar-refractivity contribution in [1.29, 1.82) is 0 Å². The molecule has 1 aliphatic rings. The van der Waals surface area contributed by atoms with E-state index in [2.05, 4.69) is 5.32 Å². The largest absolute Gasteiger partial charge is 0.467 e. The molecule has 0 aromatic carbocycles. The maximum atomic E-state index is 12.3. The summed E-state index contributed by atoms with van der Waals surface area (Å²) in [5.41, 5.74) is 0. The molecule has 2 aromatic heterocycles. The van der Waals surface area contributed by atoms with Crippen LogP contribution in [0.1, 0.15) is 35.6 Å². The number of rotatable bonds is 8. The molecule has 0 saturated carbocycles. The Balaban J connectivity index is 1.34. The molecule has 1 fully saturated rings. The fraction of sp³-hybridized carbons (Fsp3) is 0.474. The van der Waals surface area contributed by atoms with E-state index in [1.165, 1.54) is 6.26 Å². The first-order chi connectivity index (χ1) is 12.7. The third kappa shape index (κ3) is 4.98. The van der Waals surface area contributed by atoms with Crippen molar-refractivity contribution in [3.63, 3.8) is 0 Å². The summed E-state index contributed by atoms with van der Waals surface area (Å²) in [5, 5.41) is 2.94. The topological polar surface area (TPSA) is 84.9 Å². The van der Waals surface area contributed by atoms with E-state index in [0.717, 1.165) is 25.0 Å². The van der Waals surface area contributed by atoms with Gasteiger partial charge in [-0.1, -0.05) is 0 Å². The van der Waals surface area contributed by atoms with Crippen molar-refractivity contribution in [2.45, 2.75) is 25.9 Å². The summed E-state index contributed by atoms with van der Waals surface area (Å²) in [7, 11) is 0. The smallest absolute Gasteiger partial charge is 0.289 e. The van der Waals surface area contributed by atoms with Crippen LogP contribution in [0.25, 0.3) is 0 Å². The average Bonchev–Trinajstić information content (AvgIpc) is 3.37. The first kappa shape index (κ1) is 18.3. The molecule has 1 aliphatic heterocycles. The first-order valence-corrected chi connectivity index (χ1v) is 8.94. The van der Waals surface area contributed by atoms with Gasteiger partial charge in [0.2, 0.25) is 5.91 Å². The maximum Gasteiger partial charge on any atom is 0.289 e. The molecule has 7 nitrogen and oxygen atoms in total. The van der Waals surface area contributed by atoms with E-state index in [4.69, 9.17) is 13.6 Å². The second-order valence-electron chi connectivity index (χ2n) is 6.34. The van der Waals surface area contributed by atoms with Gasteiger partial charge in [0.25, 0.3) is 5.91 Å². The van der Waals surface area contributed by atoms with Crippen LogP contribution in [-0.2, 0) is 16.1 Å². The molecule has 0 bridgehead atoms. The van der Waals surface area contributed by atoms with Crippen LogP contribution in [0.5, 0.6) is 0 Å². The summed E-state index contributed by atoms with van der Waals surface area (Å²) in [6.07, 6.45) is 5.44. The molecule has 1 saturated heterocycles. The van der Waals surface area contributed by atoms with Crippen LogP contribution in [0.15, 0.2) is 45.6 Å². The zero-order valence-corrected chi connectivity index (χ0v) is 14.7. The van der Waals surface area contributed by atoms with Gasteiger partial charge in [0, 0.05) is 26.2 Å². The van der Waals surface area contributed by atoms with Crippen molar-refractivity contribution < 1.29 is 23.2 Å². The Labute approximate surface area is 152 Å². The summed E-state index contributed by atoms with van der Waals surface area (Å²) in [6.45, 7) is 2.63. The summed E-state index contributed by atoms with van der Waals surface area (Å²) >= 11 is 0.